The fourth-order valence-corrected chi connectivity index (χ4v) is 10.0. The van der Waals surface area contributed by atoms with Gasteiger partial charge in [0.15, 0.2) is 16.6 Å². The number of Topliss-reactive ketones (excluding diaryl/α,β-unsaturated/α-hetero) is 1. The summed E-state index contributed by atoms with van der Waals surface area (Å²) in [7, 11) is -2.59. The minimum Gasteiger partial charge on any atom is -0.465 e. The molecule has 1 aromatic rings. The molecule has 0 bridgehead atoms. The number of ether oxygens (including phenoxy) is 1. The molecule has 2 fully saturated rings. The van der Waals surface area contributed by atoms with Crippen LogP contribution in [0.3, 0.4) is 0 Å². The Hall–Kier alpha value is -1.07. The second kappa shape index (κ2) is 14.4. The van der Waals surface area contributed by atoms with Crippen molar-refractivity contribution in [2.45, 2.75) is 155 Å². The average molecular weight is 663 g/mol. The third-order valence-corrected chi connectivity index (χ3v) is 21.8. The highest BCUT2D eigenvalue weighted by atomic mass is 32.1. The van der Waals surface area contributed by atoms with Crippen LogP contribution in [0.5, 0.6) is 0 Å². The largest absolute Gasteiger partial charge is 0.465 e. The minimum atomic E-state index is -2.06. The molecule has 0 N–H and O–H groups in total. The molecule has 1 heterocycles. The van der Waals surface area contributed by atoms with Crippen LogP contribution in [0.2, 0.25) is 36.3 Å². The normalized spacial score (nSPS) is 23.6. The van der Waals surface area contributed by atoms with E-state index in [2.05, 4.69) is 86.8 Å². The predicted molar refractivity (Wildman–Crippen MR) is 190 cm³/mol. The Bertz CT molecular complexity index is 1150. The van der Waals surface area contributed by atoms with Crippen molar-refractivity contribution in [3.05, 3.63) is 34.0 Å². The fraction of sp³-hybridized carbons (Fsp3) is 0.778. The van der Waals surface area contributed by atoms with Gasteiger partial charge in [-0.25, -0.2) is 4.79 Å². The van der Waals surface area contributed by atoms with E-state index in [1.54, 1.807) is 0 Å². The molecule has 5 nitrogen and oxygen atoms in total. The number of esters is 1. The predicted octanol–water partition coefficient (Wildman–Crippen LogP) is 10.4. The molecule has 0 saturated heterocycles. The van der Waals surface area contributed by atoms with Gasteiger partial charge in [0.05, 0.1) is 19.3 Å². The first-order valence-electron chi connectivity index (χ1n) is 17.0. The van der Waals surface area contributed by atoms with Crippen LogP contribution >= 0.6 is 11.3 Å². The van der Waals surface area contributed by atoms with Crippen LogP contribution in [0.4, 0.5) is 0 Å². The molecule has 8 heteroatoms. The highest BCUT2D eigenvalue weighted by Gasteiger charge is 2.49. The van der Waals surface area contributed by atoms with E-state index in [0.29, 0.717) is 17.1 Å². The van der Waals surface area contributed by atoms with Crippen LogP contribution in [-0.4, -0.2) is 47.7 Å². The first kappa shape index (κ1) is 37.4. The van der Waals surface area contributed by atoms with Gasteiger partial charge in [-0.3, -0.25) is 4.79 Å². The Labute approximate surface area is 275 Å². The third-order valence-electron chi connectivity index (χ3n) is 11.6. The van der Waals surface area contributed by atoms with Crippen molar-refractivity contribution in [2.24, 2.45) is 17.3 Å². The van der Waals surface area contributed by atoms with Crippen LogP contribution in [0.25, 0.3) is 0 Å². The first-order chi connectivity index (χ1) is 20.3. The van der Waals surface area contributed by atoms with Gasteiger partial charge >= 0.3 is 5.97 Å². The SMILES string of the molecule is CCC1(C(C/C=C/[C@H]2[C@H](O[Si](C)(C)C(C)(C)C)CC(=O)[C@@H]2CCCc2ccc(C(=O)OC)s2)O[Si](C)(C)C(C)(C)C)CCC1. The van der Waals surface area contributed by atoms with E-state index < -0.39 is 16.6 Å². The number of methoxy groups -OCH3 is 1. The van der Waals surface area contributed by atoms with Crippen LogP contribution in [0.15, 0.2) is 24.3 Å². The Morgan fingerprint density at radius 3 is 2.23 bits per heavy atom. The molecule has 0 amide bonds. The molecule has 44 heavy (non-hydrogen) atoms. The number of thiophene rings is 1. The lowest BCUT2D eigenvalue weighted by Crippen LogP contribution is -2.51. The number of ketones is 1. The van der Waals surface area contributed by atoms with Crippen LogP contribution in [-0.2, 0) is 24.8 Å². The van der Waals surface area contributed by atoms with Gasteiger partial charge in [0.25, 0.3) is 0 Å². The van der Waals surface area contributed by atoms with Crippen molar-refractivity contribution in [3.63, 3.8) is 0 Å². The van der Waals surface area contributed by atoms with Crippen molar-refractivity contribution >= 4 is 39.7 Å². The molecule has 1 aromatic heterocycles. The maximum absolute atomic E-state index is 13.6. The van der Waals surface area contributed by atoms with Crippen molar-refractivity contribution in [1.29, 1.82) is 0 Å². The Balaban J connectivity index is 1.82. The molecule has 2 aliphatic rings. The summed E-state index contributed by atoms with van der Waals surface area (Å²) in [6.07, 6.45) is 13.8. The highest BCUT2D eigenvalue weighted by Crippen LogP contribution is 2.51. The maximum Gasteiger partial charge on any atom is 0.348 e. The van der Waals surface area contributed by atoms with Gasteiger partial charge in [-0.2, -0.15) is 0 Å². The zero-order valence-electron chi connectivity index (χ0n) is 29.9. The second-order valence-electron chi connectivity index (χ2n) is 16.5. The average Bonchev–Trinajstić information content (AvgIpc) is 3.46. The summed E-state index contributed by atoms with van der Waals surface area (Å²) in [5.41, 5.74) is 0.269. The van der Waals surface area contributed by atoms with E-state index in [1.165, 1.54) is 37.7 Å². The van der Waals surface area contributed by atoms with Crippen molar-refractivity contribution < 1.29 is 23.2 Å². The Morgan fingerprint density at radius 2 is 1.70 bits per heavy atom. The molecule has 250 valence electrons. The zero-order chi connectivity index (χ0) is 33.1. The highest BCUT2D eigenvalue weighted by molar-refractivity contribution is 7.13. The number of carbonyl (C=O) groups is 2. The molecule has 0 spiro atoms. The molecule has 2 saturated carbocycles. The van der Waals surface area contributed by atoms with Gasteiger partial charge in [-0.15, -0.1) is 11.3 Å². The van der Waals surface area contributed by atoms with E-state index in [9.17, 15) is 9.59 Å². The number of aryl methyl sites for hydroxylation is 1. The molecule has 0 aliphatic heterocycles. The van der Waals surface area contributed by atoms with Gasteiger partial charge in [-0.1, -0.05) is 67.0 Å². The molecular formula is C36H62O5SSi2. The number of hydrogen-bond acceptors (Lipinski definition) is 6. The molecule has 0 radical (unpaired) electrons. The van der Waals surface area contributed by atoms with E-state index in [-0.39, 0.29) is 45.5 Å². The molecule has 4 atom stereocenters. The topological polar surface area (TPSA) is 61.8 Å². The van der Waals surface area contributed by atoms with Gasteiger partial charge in [-0.05, 0) is 98.8 Å². The van der Waals surface area contributed by atoms with E-state index in [0.717, 1.165) is 37.0 Å². The van der Waals surface area contributed by atoms with Crippen molar-refractivity contribution in [1.82, 2.24) is 0 Å². The lowest BCUT2D eigenvalue weighted by molar-refractivity contribution is -0.121. The summed E-state index contributed by atoms with van der Waals surface area (Å²) in [6, 6.07) is 3.86. The van der Waals surface area contributed by atoms with Gasteiger partial charge < -0.3 is 13.6 Å². The zero-order valence-corrected chi connectivity index (χ0v) is 32.7. The fourth-order valence-electron chi connectivity index (χ4n) is 6.31. The quantitative estimate of drug-likeness (QED) is 0.113. The molecule has 1 unspecified atom stereocenters. The molecule has 3 rings (SSSR count). The molecule has 0 aromatic carbocycles. The van der Waals surface area contributed by atoms with E-state index in [4.69, 9.17) is 13.6 Å². The third kappa shape index (κ3) is 8.64. The Kier molecular flexibility index (Phi) is 12.2. The molecular weight excluding hydrogens is 601 g/mol. The lowest BCUT2D eigenvalue weighted by Gasteiger charge is -2.51. The number of rotatable bonds is 14. The second-order valence-corrected chi connectivity index (χ2v) is 27.2. The summed E-state index contributed by atoms with van der Waals surface area (Å²) in [5, 5.41) is 0.248. The van der Waals surface area contributed by atoms with E-state index >= 15 is 0 Å². The van der Waals surface area contributed by atoms with Crippen LogP contribution < -0.4 is 0 Å². The van der Waals surface area contributed by atoms with Gasteiger partial charge in [0, 0.05) is 23.1 Å². The standard InChI is InChI=1S/C36H62O5SSi2/c1-13-36(23-16-24-36)32(41-44(11,12)35(5,6)7)20-15-19-28-27(18-14-17-26-21-22-31(42-26)33(38)39-8)29(37)25-30(28)40-43(9,10)34(2,3)4/h15,19,21-22,27-28,30,32H,13-14,16-18,20,23-25H2,1-12H3/b19-15+/t27-,28-,30-,32?/m1/s1. The number of carbonyl (C=O) groups excluding carboxylic acids is 2. The Morgan fingerprint density at radius 1 is 1.07 bits per heavy atom. The summed E-state index contributed by atoms with van der Waals surface area (Å²) < 4.78 is 19.0. The van der Waals surface area contributed by atoms with Crippen LogP contribution in [0, 0.1) is 17.3 Å². The van der Waals surface area contributed by atoms with Gasteiger partial charge in [0.1, 0.15) is 10.7 Å². The van der Waals surface area contributed by atoms with Crippen molar-refractivity contribution in [3.8, 4) is 0 Å². The van der Waals surface area contributed by atoms with Gasteiger partial charge in [0.2, 0.25) is 0 Å². The lowest BCUT2D eigenvalue weighted by atomic mass is 9.63. The smallest absolute Gasteiger partial charge is 0.348 e. The minimum absolute atomic E-state index is 0.0374. The summed E-state index contributed by atoms with van der Waals surface area (Å²) in [4.78, 5) is 27.3. The van der Waals surface area contributed by atoms with Crippen molar-refractivity contribution in [2.75, 3.05) is 7.11 Å². The first-order valence-corrected chi connectivity index (χ1v) is 23.6. The molecule has 2 aliphatic carbocycles. The monoisotopic (exact) mass is 662 g/mol. The summed E-state index contributed by atoms with van der Waals surface area (Å²) in [6.45, 7) is 25.5. The van der Waals surface area contributed by atoms with Crippen LogP contribution in [0.1, 0.15) is 114 Å². The number of hydrogen-bond donors (Lipinski definition) is 0. The summed E-state index contributed by atoms with van der Waals surface area (Å²) in [5.74, 6) is 0.0938. The summed E-state index contributed by atoms with van der Waals surface area (Å²) >= 11 is 1.49. The van der Waals surface area contributed by atoms with E-state index in [1.807, 2.05) is 12.1 Å². The maximum atomic E-state index is 13.6.